The molecule has 3 N–H and O–H groups in total. The number of nitrogens with two attached hydrogens (primary N) is 1. The van der Waals surface area contributed by atoms with E-state index in [1.807, 2.05) is 44.8 Å². The van der Waals surface area contributed by atoms with Crippen LogP contribution >= 0.6 is 11.6 Å². The first-order valence-electron chi connectivity index (χ1n) is 11.4. The topological polar surface area (TPSA) is 109 Å². The van der Waals surface area contributed by atoms with Crippen LogP contribution in [-0.4, -0.2) is 72.7 Å². The summed E-state index contributed by atoms with van der Waals surface area (Å²) in [6.45, 7) is 6.23. The van der Waals surface area contributed by atoms with E-state index >= 15 is 0 Å². The van der Waals surface area contributed by atoms with Crippen LogP contribution in [0, 0.1) is 5.82 Å². The smallest absolute Gasteiger partial charge is 0.239 e. The number of hydrogen-bond acceptors (Lipinski definition) is 10. The Labute approximate surface area is 215 Å². The number of pyridine rings is 1. The molecule has 0 saturated carbocycles. The number of halogens is 2. The molecule has 192 valence electrons. The standard InChI is InChI=1S/C24H31ClFN9O/c1-24(2)12-35(19-10-15(25)16(26)9-14(19)24)23-29-13-28-22(32-23)30-18-11-17(27)20(31-21(18)36-6)34(5)8-7-33(3)4/h9-11,13H,7-8,12,27H2,1-6H3,(H,28,29,30,32). The quantitative estimate of drug-likeness (QED) is 0.459. The highest BCUT2D eigenvalue weighted by Crippen LogP contribution is 2.45. The van der Waals surface area contributed by atoms with Crippen molar-refractivity contribution < 1.29 is 9.13 Å². The van der Waals surface area contributed by atoms with Gasteiger partial charge in [0.05, 0.1) is 17.8 Å². The predicted octanol–water partition coefficient (Wildman–Crippen LogP) is 3.82. The molecule has 3 heterocycles. The lowest BCUT2D eigenvalue weighted by Gasteiger charge is -2.23. The molecule has 0 spiro atoms. The highest BCUT2D eigenvalue weighted by Gasteiger charge is 2.38. The summed E-state index contributed by atoms with van der Waals surface area (Å²) >= 11 is 6.09. The molecule has 1 aliphatic heterocycles. The summed E-state index contributed by atoms with van der Waals surface area (Å²) in [4.78, 5) is 23.8. The molecule has 4 rings (SSSR count). The molecule has 3 aromatic rings. The molecule has 1 aliphatic rings. The average molecular weight is 516 g/mol. The van der Waals surface area contributed by atoms with E-state index in [9.17, 15) is 4.39 Å². The summed E-state index contributed by atoms with van der Waals surface area (Å²) in [5, 5.41) is 3.19. The third kappa shape index (κ3) is 5.07. The molecule has 0 atom stereocenters. The molecule has 12 heteroatoms. The van der Waals surface area contributed by atoms with Crippen LogP contribution in [0.15, 0.2) is 24.5 Å². The maximum Gasteiger partial charge on any atom is 0.239 e. The van der Waals surface area contributed by atoms with Crippen molar-refractivity contribution in [3.63, 3.8) is 0 Å². The number of fused-ring (bicyclic) bond motifs is 1. The molecule has 0 bridgehead atoms. The minimum atomic E-state index is -0.448. The molecular formula is C24H31ClFN9O. The van der Waals surface area contributed by atoms with Crippen LogP contribution in [0.2, 0.25) is 5.02 Å². The Kier molecular flexibility index (Phi) is 7.05. The maximum atomic E-state index is 14.2. The summed E-state index contributed by atoms with van der Waals surface area (Å²) in [5.41, 5.74) is 8.61. The first kappa shape index (κ1) is 25.6. The van der Waals surface area contributed by atoms with E-state index in [2.05, 4.69) is 30.2 Å². The van der Waals surface area contributed by atoms with E-state index in [0.717, 1.165) is 24.3 Å². The number of methoxy groups -OCH3 is 1. The number of hydrogen-bond donors (Lipinski definition) is 2. The first-order valence-corrected chi connectivity index (χ1v) is 11.8. The lowest BCUT2D eigenvalue weighted by molar-refractivity contribution is 0.398. The molecule has 0 aliphatic carbocycles. The van der Waals surface area contributed by atoms with Gasteiger partial charge in [0.15, 0.2) is 5.82 Å². The summed E-state index contributed by atoms with van der Waals surface area (Å²) in [6, 6.07) is 4.83. The van der Waals surface area contributed by atoms with Gasteiger partial charge >= 0.3 is 0 Å². The fourth-order valence-corrected chi connectivity index (χ4v) is 4.31. The van der Waals surface area contributed by atoms with Gasteiger partial charge in [0.25, 0.3) is 0 Å². The Hall–Kier alpha value is -3.44. The number of ether oxygens (including phenoxy) is 1. The molecule has 2 aromatic heterocycles. The zero-order valence-electron chi connectivity index (χ0n) is 21.3. The van der Waals surface area contributed by atoms with Crippen molar-refractivity contribution in [3.8, 4) is 5.88 Å². The predicted molar refractivity (Wildman–Crippen MR) is 142 cm³/mol. The van der Waals surface area contributed by atoms with Crippen LogP contribution in [0.1, 0.15) is 19.4 Å². The lowest BCUT2D eigenvalue weighted by Crippen LogP contribution is -2.29. The van der Waals surface area contributed by atoms with Gasteiger partial charge in [-0.3, -0.25) is 0 Å². The van der Waals surface area contributed by atoms with Gasteiger partial charge in [-0.25, -0.2) is 14.4 Å². The van der Waals surface area contributed by atoms with Gasteiger partial charge in [0.1, 0.15) is 17.8 Å². The molecule has 10 nitrogen and oxygen atoms in total. The number of rotatable bonds is 8. The van der Waals surface area contributed by atoms with Gasteiger partial charge in [-0.05, 0) is 37.9 Å². The highest BCUT2D eigenvalue weighted by molar-refractivity contribution is 6.31. The van der Waals surface area contributed by atoms with E-state index in [0.29, 0.717) is 35.6 Å². The third-order valence-corrected chi connectivity index (χ3v) is 6.38. The molecule has 36 heavy (non-hydrogen) atoms. The number of benzene rings is 1. The summed E-state index contributed by atoms with van der Waals surface area (Å²) in [6.07, 6.45) is 1.41. The highest BCUT2D eigenvalue weighted by atomic mass is 35.5. The minimum Gasteiger partial charge on any atom is -0.479 e. The Morgan fingerprint density at radius 1 is 1.17 bits per heavy atom. The largest absolute Gasteiger partial charge is 0.479 e. The van der Waals surface area contributed by atoms with Gasteiger partial charge in [-0.15, -0.1) is 0 Å². The summed E-state index contributed by atoms with van der Waals surface area (Å²) in [5.74, 6) is 1.22. The molecule has 0 fully saturated rings. The summed E-state index contributed by atoms with van der Waals surface area (Å²) < 4.78 is 19.7. The average Bonchev–Trinajstić information content (AvgIpc) is 3.08. The van der Waals surface area contributed by atoms with Gasteiger partial charge < -0.3 is 30.5 Å². The van der Waals surface area contributed by atoms with Crippen LogP contribution in [0.3, 0.4) is 0 Å². The Bertz CT molecular complexity index is 1270. The van der Waals surface area contributed by atoms with Crippen molar-refractivity contribution in [1.29, 1.82) is 0 Å². The second-order valence-electron chi connectivity index (χ2n) is 9.67. The number of aromatic nitrogens is 4. The van der Waals surface area contributed by atoms with E-state index in [1.165, 1.54) is 19.5 Å². The van der Waals surface area contributed by atoms with E-state index in [4.69, 9.17) is 22.1 Å². The van der Waals surface area contributed by atoms with Crippen molar-refractivity contribution in [3.05, 3.63) is 40.9 Å². The SMILES string of the molecule is COc1nc(N(C)CCN(C)C)c(N)cc1Nc1ncnc(N2CC(C)(C)c3cc(F)c(Cl)cc32)n1. The number of nitrogens with one attached hydrogen (secondary N) is 1. The first-order chi connectivity index (χ1) is 17.0. The second-order valence-corrected chi connectivity index (χ2v) is 10.1. The van der Waals surface area contributed by atoms with Gasteiger partial charge in [0, 0.05) is 37.8 Å². The molecule has 1 aromatic carbocycles. The van der Waals surface area contributed by atoms with Gasteiger partial charge in [-0.1, -0.05) is 25.4 Å². The van der Waals surface area contributed by atoms with Crippen molar-refractivity contribution in [2.45, 2.75) is 19.3 Å². The molecule has 0 saturated heterocycles. The Balaban J connectivity index is 1.62. The number of nitrogen functional groups attached to an aromatic ring is 1. The lowest BCUT2D eigenvalue weighted by atomic mass is 9.87. The maximum absolute atomic E-state index is 14.2. The fourth-order valence-electron chi connectivity index (χ4n) is 4.15. The van der Waals surface area contributed by atoms with Crippen molar-refractivity contribution in [1.82, 2.24) is 24.8 Å². The van der Waals surface area contributed by atoms with Crippen LogP contribution in [0.5, 0.6) is 5.88 Å². The third-order valence-electron chi connectivity index (χ3n) is 6.09. The Morgan fingerprint density at radius 3 is 2.61 bits per heavy atom. The van der Waals surface area contributed by atoms with E-state index in [-0.39, 0.29) is 16.4 Å². The van der Waals surface area contributed by atoms with Crippen LogP contribution in [0.25, 0.3) is 0 Å². The monoisotopic (exact) mass is 515 g/mol. The minimum absolute atomic E-state index is 0.0470. The molecule has 0 radical (unpaired) electrons. The van der Waals surface area contributed by atoms with Gasteiger partial charge in [-0.2, -0.15) is 9.97 Å². The van der Waals surface area contributed by atoms with E-state index in [1.54, 1.807) is 12.1 Å². The van der Waals surface area contributed by atoms with Crippen molar-refractivity contribution in [2.75, 3.05) is 68.7 Å². The van der Waals surface area contributed by atoms with Crippen molar-refractivity contribution >= 4 is 46.4 Å². The molecule has 0 unspecified atom stereocenters. The van der Waals surface area contributed by atoms with Crippen LogP contribution in [-0.2, 0) is 5.41 Å². The molecular weight excluding hydrogens is 485 g/mol. The zero-order valence-corrected chi connectivity index (χ0v) is 22.1. The van der Waals surface area contributed by atoms with Crippen LogP contribution in [0.4, 0.5) is 39.2 Å². The zero-order chi connectivity index (χ0) is 26.2. The summed E-state index contributed by atoms with van der Waals surface area (Å²) in [7, 11) is 7.49. The van der Waals surface area contributed by atoms with Gasteiger partial charge in [0.2, 0.25) is 17.8 Å². The number of anilines is 6. The Morgan fingerprint density at radius 2 is 1.92 bits per heavy atom. The van der Waals surface area contributed by atoms with Crippen LogP contribution < -0.4 is 25.6 Å². The van der Waals surface area contributed by atoms with Crippen molar-refractivity contribution in [2.24, 2.45) is 0 Å². The second kappa shape index (κ2) is 9.90. The normalized spacial score (nSPS) is 14.2. The number of nitrogens with zero attached hydrogens (tertiary/aromatic N) is 7. The molecule has 0 amide bonds. The fraction of sp³-hybridized carbons (Fsp3) is 0.417. The number of likely N-dealkylation sites (N-methyl/N-ethyl adjacent to an activating group) is 2. The van der Waals surface area contributed by atoms with E-state index < -0.39 is 5.82 Å².